The van der Waals surface area contributed by atoms with Crippen LogP contribution in [0, 0.1) is 5.82 Å². The van der Waals surface area contributed by atoms with Gasteiger partial charge in [-0.25, -0.2) is 19.3 Å². The van der Waals surface area contributed by atoms with Gasteiger partial charge in [0.15, 0.2) is 5.82 Å². The van der Waals surface area contributed by atoms with Crippen LogP contribution in [0.15, 0.2) is 22.8 Å². The van der Waals surface area contributed by atoms with Crippen LogP contribution in [0.3, 0.4) is 0 Å². The second-order valence-corrected chi connectivity index (χ2v) is 5.09. The van der Waals surface area contributed by atoms with Crippen LogP contribution in [-0.4, -0.2) is 21.5 Å². The fourth-order valence-corrected chi connectivity index (χ4v) is 2.32. The molecule has 0 fully saturated rings. The molecule has 0 aliphatic carbocycles. The van der Waals surface area contributed by atoms with Gasteiger partial charge in [-0.15, -0.1) is 0 Å². The molecule has 0 atom stereocenters. The lowest BCUT2D eigenvalue weighted by molar-refractivity contribution is 0.621. The summed E-state index contributed by atoms with van der Waals surface area (Å²) in [6, 6.07) is 2.95. The molecule has 2 aromatic heterocycles. The van der Waals surface area contributed by atoms with Crippen LogP contribution in [0.4, 0.5) is 10.2 Å². The third-order valence-corrected chi connectivity index (χ3v) is 3.54. The molecule has 0 radical (unpaired) electrons. The molecule has 2 rings (SSSR count). The van der Waals surface area contributed by atoms with Gasteiger partial charge in [0.2, 0.25) is 0 Å². The van der Waals surface area contributed by atoms with Gasteiger partial charge >= 0.3 is 0 Å². The predicted molar refractivity (Wildman–Crippen MR) is 81.1 cm³/mol. The second-order valence-electron chi connectivity index (χ2n) is 4.30. The third-order valence-electron chi connectivity index (χ3n) is 2.71. The summed E-state index contributed by atoms with van der Waals surface area (Å²) in [5.74, 6) is 0.881. The summed E-state index contributed by atoms with van der Waals surface area (Å²) in [6.45, 7) is 4.86. The van der Waals surface area contributed by atoms with Crippen molar-refractivity contribution in [1.29, 1.82) is 0 Å². The first-order chi connectivity index (χ1) is 9.65. The van der Waals surface area contributed by atoms with Gasteiger partial charge < -0.3 is 5.32 Å². The van der Waals surface area contributed by atoms with Crippen LogP contribution in [-0.2, 0) is 6.42 Å². The van der Waals surface area contributed by atoms with Crippen molar-refractivity contribution in [3.8, 4) is 11.5 Å². The fraction of sp³-hybridized carbons (Fsp3) is 0.357. The highest BCUT2D eigenvalue weighted by Crippen LogP contribution is 2.27. The first-order valence-corrected chi connectivity index (χ1v) is 7.37. The summed E-state index contributed by atoms with van der Waals surface area (Å²) in [7, 11) is 0. The van der Waals surface area contributed by atoms with Gasteiger partial charge in [0.1, 0.15) is 17.3 Å². The number of nitrogens with zero attached hydrogens (tertiary/aromatic N) is 3. The number of rotatable bonds is 5. The largest absolute Gasteiger partial charge is 0.369 e. The minimum atomic E-state index is -0.369. The minimum Gasteiger partial charge on any atom is -0.369 e. The zero-order valence-electron chi connectivity index (χ0n) is 11.5. The molecule has 2 aromatic rings. The highest BCUT2D eigenvalue weighted by molar-refractivity contribution is 9.10. The van der Waals surface area contributed by atoms with Crippen molar-refractivity contribution in [2.45, 2.75) is 26.7 Å². The topological polar surface area (TPSA) is 50.7 Å². The predicted octanol–water partition coefficient (Wildman–Crippen LogP) is 3.82. The molecular weight excluding hydrogens is 323 g/mol. The molecular formula is C14H16BrFN4. The summed E-state index contributed by atoms with van der Waals surface area (Å²) in [5, 5.41) is 3.20. The maximum Gasteiger partial charge on any atom is 0.180 e. The first kappa shape index (κ1) is 14.8. The molecule has 0 amide bonds. The molecule has 1 N–H and O–H groups in total. The Hall–Kier alpha value is -1.56. The van der Waals surface area contributed by atoms with Gasteiger partial charge in [0.05, 0.1) is 16.4 Å². The van der Waals surface area contributed by atoms with Crippen LogP contribution in [0.1, 0.15) is 26.0 Å². The number of hydrogen-bond donors (Lipinski definition) is 1. The zero-order valence-corrected chi connectivity index (χ0v) is 13.0. The monoisotopic (exact) mass is 338 g/mol. The van der Waals surface area contributed by atoms with E-state index in [-0.39, 0.29) is 5.82 Å². The van der Waals surface area contributed by atoms with E-state index < -0.39 is 0 Å². The lowest BCUT2D eigenvalue weighted by Gasteiger charge is -2.11. The smallest absolute Gasteiger partial charge is 0.180 e. The van der Waals surface area contributed by atoms with Crippen LogP contribution < -0.4 is 5.32 Å². The summed E-state index contributed by atoms with van der Waals surface area (Å²) in [4.78, 5) is 13.0. The Bertz CT molecular complexity index is 559. The lowest BCUT2D eigenvalue weighted by Crippen LogP contribution is -2.06. The van der Waals surface area contributed by atoms with Gasteiger partial charge in [-0.05, 0) is 41.4 Å². The van der Waals surface area contributed by atoms with E-state index in [1.807, 2.05) is 6.92 Å². The normalized spacial score (nSPS) is 10.6. The van der Waals surface area contributed by atoms with Crippen molar-refractivity contribution in [1.82, 2.24) is 15.0 Å². The van der Waals surface area contributed by atoms with E-state index in [2.05, 4.69) is 43.1 Å². The van der Waals surface area contributed by atoms with Crippen molar-refractivity contribution in [3.63, 3.8) is 0 Å². The first-order valence-electron chi connectivity index (χ1n) is 6.57. The number of aryl methyl sites for hydroxylation is 1. The van der Waals surface area contributed by atoms with Crippen LogP contribution in [0.2, 0.25) is 0 Å². The maximum atomic E-state index is 12.9. The van der Waals surface area contributed by atoms with E-state index in [0.29, 0.717) is 11.5 Å². The van der Waals surface area contributed by atoms with Gasteiger partial charge in [-0.3, -0.25) is 0 Å². The van der Waals surface area contributed by atoms with Crippen molar-refractivity contribution in [2.75, 3.05) is 11.9 Å². The second kappa shape index (κ2) is 6.74. The average Bonchev–Trinajstić information content (AvgIpc) is 2.44. The Morgan fingerprint density at radius 2 is 2.05 bits per heavy atom. The van der Waals surface area contributed by atoms with E-state index in [0.717, 1.165) is 35.4 Å². The molecule has 0 bridgehead atoms. The van der Waals surface area contributed by atoms with E-state index >= 15 is 0 Å². The number of pyridine rings is 1. The number of aromatic nitrogens is 3. The van der Waals surface area contributed by atoms with E-state index in [1.165, 1.54) is 12.3 Å². The zero-order chi connectivity index (χ0) is 14.5. The number of nitrogens with one attached hydrogen (secondary N) is 1. The highest BCUT2D eigenvalue weighted by Gasteiger charge is 2.13. The molecule has 0 aliphatic rings. The highest BCUT2D eigenvalue weighted by atomic mass is 79.9. The van der Waals surface area contributed by atoms with Gasteiger partial charge in [0, 0.05) is 6.54 Å². The minimum absolute atomic E-state index is 0.369. The molecule has 106 valence electrons. The van der Waals surface area contributed by atoms with E-state index in [1.54, 1.807) is 6.07 Å². The summed E-state index contributed by atoms with van der Waals surface area (Å²) >= 11 is 3.53. The van der Waals surface area contributed by atoms with Crippen LogP contribution >= 0.6 is 15.9 Å². The van der Waals surface area contributed by atoms with E-state index in [9.17, 15) is 4.39 Å². The molecule has 0 aliphatic heterocycles. The maximum absolute atomic E-state index is 12.9. The molecule has 2 heterocycles. The fourth-order valence-electron chi connectivity index (χ4n) is 1.80. The van der Waals surface area contributed by atoms with Gasteiger partial charge in [-0.2, -0.15) is 0 Å². The number of anilines is 1. The standard InChI is InChI=1S/C14H16BrFN4/c1-3-5-10-12(15)14(17-4-2)20-13(19-10)11-7-6-9(16)8-18-11/h6-8H,3-5H2,1-2H3,(H,17,19,20). The quantitative estimate of drug-likeness (QED) is 0.900. The van der Waals surface area contributed by atoms with Crippen LogP contribution in [0.5, 0.6) is 0 Å². The van der Waals surface area contributed by atoms with Crippen LogP contribution in [0.25, 0.3) is 11.5 Å². The Kier molecular flexibility index (Phi) is 5.00. The molecule has 20 heavy (non-hydrogen) atoms. The average molecular weight is 339 g/mol. The van der Waals surface area contributed by atoms with Gasteiger partial charge in [-0.1, -0.05) is 13.3 Å². The number of hydrogen-bond acceptors (Lipinski definition) is 4. The summed E-state index contributed by atoms with van der Waals surface area (Å²) in [6.07, 6.45) is 3.00. The SMILES string of the molecule is CCCc1nc(-c2ccc(F)cn2)nc(NCC)c1Br. The third kappa shape index (κ3) is 3.30. The Balaban J connectivity index is 2.49. The summed E-state index contributed by atoms with van der Waals surface area (Å²) < 4.78 is 13.8. The van der Waals surface area contributed by atoms with E-state index in [4.69, 9.17) is 0 Å². The Labute approximate surface area is 126 Å². The van der Waals surface area contributed by atoms with Crippen molar-refractivity contribution >= 4 is 21.7 Å². The van der Waals surface area contributed by atoms with Gasteiger partial charge in [0.25, 0.3) is 0 Å². The Morgan fingerprint density at radius 1 is 1.25 bits per heavy atom. The molecule has 0 unspecified atom stereocenters. The van der Waals surface area contributed by atoms with Crippen molar-refractivity contribution in [3.05, 3.63) is 34.3 Å². The molecule has 0 aromatic carbocycles. The molecule has 4 nitrogen and oxygen atoms in total. The summed E-state index contributed by atoms with van der Waals surface area (Å²) in [5.41, 5.74) is 1.50. The molecule has 6 heteroatoms. The lowest BCUT2D eigenvalue weighted by atomic mass is 10.2. The molecule has 0 spiro atoms. The van der Waals surface area contributed by atoms with Crippen molar-refractivity contribution in [2.24, 2.45) is 0 Å². The number of halogens is 2. The van der Waals surface area contributed by atoms with Crippen molar-refractivity contribution < 1.29 is 4.39 Å². The molecule has 0 saturated heterocycles. The Morgan fingerprint density at radius 3 is 2.65 bits per heavy atom. The molecule has 0 saturated carbocycles.